The van der Waals surface area contributed by atoms with Crippen LogP contribution in [0.4, 0.5) is 5.69 Å². The van der Waals surface area contributed by atoms with Crippen LogP contribution < -0.4 is 10.1 Å². The van der Waals surface area contributed by atoms with Gasteiger partial charge in [-0.15, -0.1) is 0 Å². The van der Waals surface area contributed by atoms with E-state index in [9.17, 15) is 9.59 Å². The molecule has 2 aromatic heterocycles. The first-order valence-corrected chi connectivity index (χ1v) is 11.0. The molecule has 1 aromatic carbocycles. The molecular weight excluding hydrogens is 418 g/mol. The molecule has 0 unspecified atom stereocenters. The monoisotopic (exact) mass is 447 g/mol. The first kappa shape index (κ1) is 22.5. The highest BCUT2D eigenvalue weighted by molar-refractivity contribution is 6.07. The Kier molecular flexibility index (Phi) is 6.46. The quantitative estimate of drug-likeness (QED) is 0.650. The molecular formula is C25H29N5O3. The zero-order chi connectivity index (χ0) is 23.5. The van der Waals surface area contributed by atoms with Gasteiger partial charge >= 0.3 is 0 Å². The number of aryl methyl sites for hydroxylation is 1. The number of aromatic nitrogens is 2. The van der Waals surface area contributed by atoms with E-state index in [1.807, 2.05) is 54.6 Å². The van der Waals surface area contributed by atoms with Crippen LogP contribution in [-0.2, 0) is 0 Å². The second-order valence-corrected chi connectivity index (χ2v) is 8.27. The minimum Gasteiger partial charge on any atom is -0.495 e. The molecule has 1 fully saturated rings. The summed E-state index contributed by atoms with van der Waals surface area (Å²) >= 11 is 0. The number of methoxy groups -OCH3 is 1. The van der Waals surface area contributed by atoms with E-state index < -0.39 is 0 Å². The fourth-order valence-electron chi connectivity index (χ4n) is 4.15. The number of carbonyl (C=O) groups excluding carboxylic acids is 2. The van der Waals surface area contributed by atoms with Crippen molar-refractivity contribution in [1.29, 1.82) is 0 Å². The molecule has 33 heavy (non-hydrogen) atoms. The summed E-state index contributed by atoms with van der Waals surface area (Å²) in [4.78, 5) is 34.7. The topological polar surface area (TPSA) is 79.7 Å². The Morgan fingerprint density at radius 3 is 2.45 bits per heavy atom. The number of ether oxygens (including phenoxy) is 1. The molecule has 0 bridgehead atoms. The van der Waals surface area contributed by atoms with Gasteiger partial charge in [0.1, 0.15) is 11.6 Å². The van der Waals surface area contributed by atoms with Crippen LogP contribution in [0.15, 0.2) is 48.7 Å². The first-order valence-electron chi connectivity index (χ1n) is 11.0. The van der Waals surface area contributed by atoms with Crippen molar-refractivity contribution in [3.63, 3.8) is 0 Å². The number of benzene rings is 1. The molecule has 3 heterocycles. The van der Waals surface area contributed by atoms with Gasteiger partial charge in [0.05, 0.1) is 18.4 Å². The average Bonchev–Trinajstić information content (AvgIpc) is 3.13. The van der Waals surface area contributed by atoms with E-state index in [1.165, 1.54) is 0 Å². The summed E-state index contributed by atoms with van der Waals surface area (Å²) in [6.45, 7) is 6.88. The third-order valence-electron chi connectivity index (χ3n) is 6.04. The maximum absolute atomic E-state index is 13.2. The highest BCUT2D eigenvalue weighted by Crippen LogP contribution is 2.28. The highest BCUT2D eigenvalue weighted by Gasteiger charge is 2.23. The number of rotatable bonds is 5. The van der Waals surface area contributed by atoms with E-state index in [-0.39, 0.29) is 11.8 Å². The molecule has 0 aliphatic carbocycles. The van der Waals surface area contributed by atoms with Crippen molar-refractivity contribution in [3.05, 3.63) is 71.2 Å². The second kappa shape index (κ2) is 9.46. The van der Waals surface area contributed by atoms with Gasteiger partial charge in [0.15, 0.2) is 0 Å². The molecule has 8 heteroatoms. The van der Waals surface area contributed by atoms with Gasteiger partial charge in [0.2, 0.25) is 0 Å². The van der Waals surface area contributed by atoms with Crippen LogP contribution in [0.25, 0.3) is 5.82 Å². The van der Waals surface area contributed by atoms with Gasteiger partial charge < -0.3 is 24.4 Å². The summed E-state index contributed by atoms with van der Waals surface area (Å²) in [5.41, 5.74) is 3.21. The number of hydrogen-bond donors (Lipinski definition) is 1. The molecule has 1 aliphatic rings. The molecule has 3 aromatic rings. The number of anilines is 1. The number of hydrogen-bond acceptors (Lipinski definition) is 5. The van der Waals surface area contributed by atoms with Crippen LogP contribution in [0.2, 0.25) is 0 Å². The van der Waals surface area contributed by atoms with Crippen LogP contribution in [0.1, 0.15) is 32.1 Å². The fourth-order valence-corrected chi connectivity index (χ4v) is 4.15. The smallest absolute Gasteiger partial charge is 0.257 e. The predicted octanol–water partition coefficient (Wildman–Crippen LogP) is 3.14. The van der Waals surface area contributed by atoms with Crippen molar-refractivity contribution < 1.29 is 14.3 Å². The molecule has 1 N–H and O–H groups in total. The number of nitrogens with one attached hydrogen (secondary N) is 1. The zero-order valence-corrected chi connectivity index (χ0v) is 19.5. The standard InChI is InChI=1S/C25H29N5O3/c1-17-15-20(18(2)30(17)23-7-5-6-10-26-23)24(31)27-21-16-19(8-9-22(21)33-4)25(32)29-13-11-28(3)12-14-29/h5-10,15-16H,11-14H2,1-4H3,(H,27,31). The summed E-state index contributed by atoms with van der Waals surface area (Å²) in [7, 11) is 3.59. The molecule has 0 spiro atoms. The van der Waals surface area contributed by atoms with Gasteiger partial charge in [-0.25, -0.2) is 4.98 Å². The number of likely N-dealkylation sites (N-methyl/N-ethyl adjacent to an activating group) is 1. The lowest BCUT2D eigenvalue weighted by molar-refractivity contribution is 0.0664. The van der Waals surface area contributed by atoms with Gasteiger partial charge in [0, 0.05) is 49.3 Å². The third kappa shape index (κ3) is 4.61. The Labute approximate surface area is 193 Å². The largest absolute Gasteiger partial charge is 0.495 e. The van der Waals surface area contributed by atoms with Gasteiger partial charge in [-0.2, -0.15) is 0 Å². The van der Waals surface area contributed by atoms with Gasteiger partial charge in [-0.05, 0) is 57.3 Å². The maximum atomic E-state index is 13.2. The normalized spacial score (nSPS) is 14.2. The van der Waals surface area contributed by atoms with Crippen molar-refractivity contribution in [3.8, 4) is 11.6 Å². The van der Waals surface area contributed by atoms with Crippen molar-refractivity contribution in [1.82, 2.24) is 19.4 Å². The summed E-state index contributed by atoms with van der Waals surface area (Å²) < 4.78 is 7.39. The summed E-state index contributed by atoms with van der Waals surface area (Å²) in [5.74, 6) is 0.933. The Morgan fingerprint density at radius 1 is 1.03 bits per heavy atom. The van der Waals surface area contributed by atoms with E-state index in [2.05, 4.69) is 15.2 Å². The SMILES string of the molecule is COc1ccc(C(=O)N2CCN(C)CC2)cc1NC(=O)c1cc(C)n(-c2ccccn2)c1C. The molecule has 0 atom stereocenters. The van der Waals surface area contributed by atoms with Crippen molar-refractivity contribution in [2.75, 3.05) is 45.7 Å². The van der Waals surface area contributed by atoms with Crippen molar-refractivity contribution in [2.24, 2.45) is 0 Å². The highest BCUT2D eigenvalue weighted by atomic mass is 16.5. The zero-order valence-electron chi connectivity index (χ0n) is 19.5. The Balaban J connectivity index is 1.59. The molecule has 1 saturated heterocycles. The predicted molar refractivity (Wildman–Crippen MR) is 127 cm³/mol. The first-order chi connectivity index (χ1) is 15.9. The van der Waals surface area contributed by atoms with E-state index >= 15 is 0 Å². The number of piperazine rings is 1. The van der Waals surface area contributed by atoms with Gasteiger partial charge in [-0.3, -0.25) is 9.59 Å². The lowest BCUT2D eigenvalue weighted by Gasteiger charge is -2.32. The number of amides is 2. The average molecular weight is 448 g/mol. The molecule has 0 radical (unpaired) electrons. The van der Waals surface area contributed by atoms with E-state index in [1.54, 1.807) is 31.5 Å². The second-order valence-electron chi connectivity index (χ2n) is 8.27. The van der Waals surface area contributed by atoms with Gasteiger partial charge in [0.25, 0.3) is 11.8 Å². The summed E-state index contributed by atoms with van der Waals surface area (Å²) in [5, 5.41) is 2.94. The molecule has 1 aliphatic heterocycles. The van der Waals surface area contributed by atoms with Crippen molar-refractivity contribution in [2.45, 2.75) is 13.8 Å². The Hall–Kier alpha value is -3.65. The minimum atomic E-state index is -0.271. The van der Waals surface area contributed by atoms with Crippen LogP contribution in [-0.4, -0.2) is 71.5 Å². The Bertz CT molecular complexity index is 1160. The van der Waals surface area contributed by atoms with E-state index in [0.29, 0.717) is 35.7 Å². The van der Waals surface area contributed by atoms with E-state index in [4.69, 9.17) is 4.74 Å². The van der Waals surface area contributed by atoms with Crippen LogP contribution in [0.5, 0.6) is 5.75 Å². The van der Waals surface area contributed by atoms with Crippen LogP contribution in [0.3, 0.4) is 0 Å². The van der Waals surface area contributed by atoms with E-state index in [0.717, 1.165) is 30.3 Å². The number of pyridine rings is 1. The minimum absolute atomic E-state index is 0.0467. The number of nitrogens with zero attached hydrogens (tertiary/aromatic N) is 4. The summed E-state index contributed by atoms with van der Waals surface area (Å²) in [6, 6.07) is 12.7. The summed E-state index contributed by atoms with van der Waals surface area (Å²) in [6.07, 6.45) is 1.72. The van der Waals surface area contributed by atoms with Crippen LogP contribution in [0, 0.1) is 13.8 Å². The molecule has 2 amide bonds. The van der Waals surface area contributed by atoms with Crippen LogP contribution >= 0.6 is 0 Å². The lowest BCUT2D eigenvalue weighted by Crippen LogP contribution is -2.47. The third-order valence-corrected chi connectivity index (χ3v) is 6.04. The fraction of sp³-hybridized carbons (Fsp3) is 0.320. The van der Waals surface area contributed by atoms with Crippen molar-refractivity contribution >= 4 is 17.5 Å². The lowest BCUT2D eigenvalue weighted by atomic mass is 10.1. The molecule has 0 saturated carbocycles. The molecule has 4 rings (SSSR count). The van der Waals surface area contributed by atoms with Gasteiger partial charge in [-0.1, -0.05) is 6.07 Å². The number of carbonyl (C=O) groups is 2. The molecule has 8 nitrogen and oxygen atoms in total. The molecule has 172 valence electrons. The Morgan fingerprint density at radius 2 is 1.79 bits per heavy atom. The maximum Gasteiger partial charge on any atom is 0.257 e.